The third kappa shape index (κ3) is 4.84. The average Bonchev–Trinajstić information content (AvgIpc) is 3.62. The topological polar surface area (TPSA) is 112 Å². The van der Waals surface area contributed by atoms with E-state index in [9.17, 15) is 22.8 Å². The first-order valence-electron chi connectivity index (χ1n) is 14.6. The van der Waals surface area contributed by atoms with E-state index >= 15 is 4.39 Å². The fourth-order valence-electron chi connectivity index (χ4n) is 7.58. The highest BCUT2D eigenvalue weighted by atomic mass is 35.5. The van der Waals surface area contributed by atoms with Crippen molar-refractivity contribution in [3.63, 3.8) is 0 Å². The molecule has 0 spiro atoms. The van der Waals surface area contributed by atoms with E-state index in [-0.39, 0.29) is 49.0 Å². The molecule has 4 unspecified atom stereocenters. The SMILES string of the molecule is N#CC1CC2CCOC3N=C(c4cc(N)cc(Cl)c4C(F)(F)F)C(F)=C4N=C(OC[C@@]56CCCN5C[C@H](F)C6)N=C(C43)N2C1. The van der Waals surface area contributed by atoms with Crippen molar-refractivity contribution in [2.45, 2.75) is 62.3 Å². The fraction of sp³-hybridized carbons (Fsp3) is 0.586. The van der Waals surface area contributed by atoms with Crippen molar-refractivity contribution >= 4 is 34.9 Å². The molecule has 0 radical (unpaired) electrons. The molecule has 0 aliphatic carbocycles. The summed E-state index contributed by atoms with van der Waals surface area (Å²) in [6.45, 7) is 1.60. The quantitative estimate of drug-likeness (QED) is 0.374. The minimum atomic E-state index is -4.94. The van der Waals surface area contributed by atoms with Crippen LogP contribution in [0.25, 0.3) is 0 Å². The van der Waals surface area contributed by atoms with E-state index < -0.39 is 57.7 Å². The summed E-state index contributed by atoms with van der Waals surface area (Å²) >= 11 is 5.99. The highest BCUT2D eigenvalue weighted by Gasteiger charge is 2.51. The summed E-state index contributed by atoms with van der Waals surface area (Å²) < 4.78 is 85.8. The molecule has 6 heterocycles. The minimum absolute atomic E-state index is 0.0662. The molecule has 0 saturated carbocycles. The molecule has 9 nitrogen and oxygen atoms in total. The maximum atomic E-state index is 16.6. The number of amidine groups is 2. The zero-order valence-electron chi connectivity index (χ0n) is 23.5. The predicted octanol–water partition coefficient (Wildman–Crippen LogP) is 4.86. The van der Waals surface area contributed by atoms with Crippen LogP contribution in [0.5, 0.6) is 0 Å². The number of hydrogen-bond donors (Lipinski definition) is 1. The molecule has 234 valence electrons. The number of benzene rings is 1. The molecule has 6 atom stereocenters. The van der Waals surface area contributed by atoms with Gasteiger partial charge >= 0.3 is 12.2 Å². The number of halogens is 6. The van der Waals surface area contributed by atoms with Crippen LogP contribution < -0.4 is 5.73 Å². The number of anilines is 1. The molecule has 1 aromatic carbocycles. The molecule has 7 rings (SSSR count). The molecule has 4 saturated heterocycles. The number of rotatable bonds is 3. The molecule has 4 fully saturated rings. The number of nitrogen functional groups attached to an aromatic ring is 1. The Kier molecular flexibility index (Phi) is 7.13. The Hall–Kier alpha value is -3.28. The number of ether oxygens (including phenoxy) is 2. The van der Waals surface area contributed by atoms with Gasteiger partial charge in [-0.3, -0.25) is 4.90 Å². The molecule has 0 bridgehead atoms. The first-order valence-corrected chi connectivity index (χ1v) is 15.0. The van der Waals surface area contributed by atoms with E-state index in [1.165, 1.54) is 0 Å². The first-order chi connectivity index (χ1) is 21.0. The summed E-state index contributed by atoms with van der Waals surface area (Å²) in [6.07, 6.45) is -4.17. The maximum absolute atomic E-state index is 16.6. The Balaban J connectivity index is 1.34. The van der Waals surface area contributed by atoms with Crippen molar-refractivity contribution in [1.82, 2.24) is 9.80 Å². The number of dihydropyridines is 1. The van der Waals surface area contributed by atoms with Crippen LogP contribution in [-0.4, -0.2) is 84.2 Å². The van der Waals surface area contributed by atoms with Crippen LogP contribution in [0.3, 0.4) is 0 Å². The van der Waals surface area contributed by atoms with E-state index in [0.717, 1.165) is 31.5 Å². The second-order valence-electron chi connectivity index (χ2n) is 12.2. The number of nitriles is 1. The van der Waals surface area contributed by atoms with Gasteiger partial charge in [-0.05, 0) is 44.4 Å². The third-order valence-electron chi connectivity index (χ3n) is 9.49. The largest absolute Gasteiger partial charge is 0.461 e. The van der Waals surface area contributed by atoms with Crippen molar-refractivity contribution in [2.24, 2.45) is 26.8 Å². The van der Waals surface area contributed by atoms with Gasteiger partial charge in [-0.25, -0.2) is 13.8 Å². The standard InChI is InChI=1S/C29H29ClF5N7O2/c30-19-8-16(37)7-18(21(19)29(33,34)35)23-22(32)24-20-25(42-11-14(10-36)6-17(42)2-5-43-26(20)38-23)40-27(39-24)44-13-28-3-1-4-41(28)12-15(31)9-28/h7-8,14-15,17,20,26H,1-6,9,11-13,37H2/t14?,15-,17?,20?,26?,28+/m1/s1. The lowest BCUT2D eigenvalue weighted by atomic mass is 9.90. The number of fused-ring (bicyclic) bond motifs is 3. The lowest BCUT2D eigenvalue weighted by Crippen LogP contribution is -2.51. The highest BCUT2D eigenvalue weighted by molar-refractivity contribution is 6.32. The summed E-state index contributed by atoms with van der Waals surface area (Å²) in [5.74, 6) is -2.10. The van der Waals surface area contributed by atoms with Gasteiger partial charge < -0.3 is 20.1 Å². The molecule has 0 aromatic heterocycles. The van der Waals surface area contributed by atoms with Crippen molar-refractivity contribution in [1.29, 1.82) is 5.26 Å². The zero-order valence-corrected chi connectivity index (χ0v) is 24.2. The fourth-order valence-corrected chi connectivity index (χ4v) is 7.92. The van der Waals surface area contributed by atoms with Gasteiger partial charge in [0.05, 0.1) is 40.4 Å². The number of nitrogens with two attached hydrogens (primary N) is 1. The van der Waals surface area contributed by atoms with Gasteiger partial charge in [0.25, 0.3) is 0 Å². The van der Waals surface area contributed by atoms with Gasteiger partial charge in [0.2, 0.25) is 0 Å². The predicted molar refractivity (Wildman–Crippen MR) is 151 cm³/mol. The first kappa shape index (κ1) is 29.4. The van der Waals surface area contributed by atoms with Crippen molar-refractivity contribution in [3.8, 4) is 6.07 Å². The van der Waals surface area contributed by atoms with Crippen LogP contribution in [-0.2, 0) is 15.7 Å². The van der Waals surface area contributed by atoms with Crippen LogP contribution in [0.15, 0.2) is 38.6 Å². The lowest BCUT2D eigenvalue weighted by Gasteiger charge is -2.41. The second kappa shape index (κ2) is 10.7. The van der Waals surface area contributed by atoms with Gasteiger partial charge in [-0.1, -0.05) is 11.6 Å². The van der Waals surface area contributed by atoms with Crippen LogP contribution in [0.2, 0.25) is 5.02 Å². The number of allylic oxidation sites excluding steroid dienone is 1. The number of nitrogens with zero attached hydrogens (tertiary/aromatic N) is 6. The van der Waals surface area contributed by atoms with Crippen molar-refractivity contribution in [3.05, 3.63) is 39.8 Å². The Bertz CT molecular complexity index is 1560. The van der Waals surface area contributed by atoms with E-state index in [1.807, 2.05) is 4.90 Å². The van der Waals surface area contributed by atoms with E-state index in [0.29, 0.717) is 31.8 Å². The van der Waals surface area contributed by atoms with E-state index in [4.69, 9.17) is 26.8 Å². The minimum Gasteiger partial charge on any atom is -0.461 e. The molecule has 0 amide bonds. The Morgan fingerprint density at radius 2 is 2.07 bits per heavy atom. The number of hydrogen-bond acceptors (Lipinski definition) is 9. The molecule has 2 N–H and O–H groups in total. The monoisotopic (exact) mass is 637 g/mol. The third-order valence-corrected chi connectivity index (χ3v) is 9.78. The van der Waals surface area contributed by atoms with E-state index in [2.05, 4.69) is 25.9 Å². The summed E-state index contributed by atoms with van der Waals surface area (Å²) in [6, 6.07) is 3.89. The lowest BCUT2D eigenvalue weighted by molar-refractivity contribution is -0.137. The highest BCUT2D eigenvalue weighted by Crippen LogP contribution is 2.45. The van der Waals surface area contributed by atoms with Gasteiger partial charge in [-0.2, -0.15) is 28.4 Å². The number of alkyl halides is 4. The molecule has 6 aliphatic heterocycles. The van der Waals surface area contributed by atoms with Crippen LogP contribution in [0.4, 0.5) is 27.6 Å². The maximum Gasteiger partial charge on any atom is 0.418 e. The molecule has 6 aliphatic rings. The van der Waals surface area contributed by atoms with Crippen LogP contribution in [0, 0.1) is 23.2 Å². The van der Waals surface area contributed by atoms with E-state index in [1.54, 1.807) is 0 Å². The smallest absolute Gasteiger partial charge is 0.418 e. The van der Waals surface area contributed by atoms with Gasteiger partial charge in [0.1, 0.15) is 30.2 Å². The molecule has 15 heteroatoms. The second-order valence-corrected chi connectivity index (χ2v) is 12.6. The molecular formula is C29H29ClF5N7O2. The number of aliphatic imine (C=N–C) groups is 3. The Labute approximate surface area is 254 Å². The van der Waals surface area contributed by atoms with Crippen LogP contribution in [0.1, 0.15) is 43.2 Å². The van der Waals surface area contributed by atoms with Crippen LogP contribution >= 0.6 is 11.6 Å². The summed E-state index contributed by atoms with van der Waals surface area (Å²) in [5.41, 5.74) is 2.40. The molecule has 44 heavy (non-hydrogen) atoms. The van der Waals surface area contributed by atoms with Gasteiger partial charge in [-0.15, -0.1) is 0 Å². The normalized spacial score (nSPS) is 33.4. The van der Waals surface area contributed by atoms with Gasteiger partial charge in [0.15, 0.2) is 12.1 Å². The summed E-state index contributed by atoms with van der Waals surface area (Å²) in [7, 11) is 0. The van der Waals surface area contributed by atoms with Crippen molar-refractivity contribution < 1.29 is 31.4 Å². The molecule has 1 aromatic rings. The Morgan fingerprint density at radius 1 is 1.25 bits per heavy atom. The summed E-state index contributed by atoms with van der Waals surface area (Å²) in [5, 5.41) is 8.98. The van der Waals surface area contributed by atoms with Gasteiger partial charge in [0, 0.05) is 36.8 Å². The summed E-state index contributed by atoms with van der Waals surface area (Å²) in [4.78, 5) is 17.4. The zero-order chi connectivity index (χ0) is 31.0. The molecular weight excluding hydrogens is 609 g/mol. The average molecular weight is 638 g/mol. The van der Waals surface area contributed by atoms with Crippen molar-refractivity contribution in [2.75, 3.05) is 38.6 Å². The Morgan fingerprint density at radius 3 is 2.84 bits per heavy atom.